The minimum Gasteiger partial charge on any atom is -0.306 e. The summed E-state index contributed by atoms with van der Waals surface area (Å²) in [5.41, 5.74) is 4.90. The number of benzene rings is 2. The maximum atomic E-state index is 14.3. The van der Waals surface area contributed by atoms with Gasteiger partial charge in [0.1, 0.15) is 5.82 Å². The summed E-state index contributed by atoms with van der Waals surface area (Å²) in [6.45, 7) is 8.79. The molecule has 21 heavy (non-hydrogen) atoms. The van der Waals surface area contributed by atoms with Crippen LogP contribution in [0.25, 0.3) is 0 Å². The molecule has 0 fully saturated rings. The predicted octanol–water partition coefficient (Wildman–Crippen LogP) is 5.10. The molecule has 3 heteroatoms. The van der Waals surface area contributed by atoms with Crippen LogP contribution in [-0.4, -0.2) is 6.54 Å². The predicted molar refractivity (Wildman–Crippen MR) is 87.6 cm³/mol. The fourth-order valence-electron chi connectivity index (χ4n) is 2.50. The molecule has 1 atom stereocenters. The zero-order valence-corrected chi connectivity index (χ0v) is 13.7. The van der Waals surface area contributed by atoms with E-state index in [-0.39, 0.29) is 11.9 Å². The molecule has 0 saturated heterocycles. The lowest BCUT2D eigenvalue weighted by molar-refractivity contribution is 0.558. The van der Waals surface area contributed by atoms with Crippen LogP contribution in [0, 0.1) is 26.6 Å². The highest BCUT2D eigenvalue weighted by Crippen LogP contribution is 2.32. The van der Waals surface area contributed by atoms with Crippen LogP contribution < -0.4 is 5.32 Å². The fourth-order valence-corrected chi connectivity index (χ4v) is 2.83. The second-order valence-corrected chi connectivity index (χ2v) is 5.88. The lowest BCUT2D eigenvalue weighted by atomic mass is 9.94. The maximum Gasteiger partial charge on any atom is 0.128 e. The van der Waals surface area contributed by atoms with Gasteiger partial charge in [-0.2, -0.15) is 0 Å². The highest BCUT2D eigenvalue weighted by atomic mass is 35.5. The van der Waals surface area contributed by atoms with Gasteiger partial charge >= 0.3 is 0 Å². The van der Waals surface area contributed by atoms with Gasteiger partial charge in [0.25, 0.3) is 0 Å². The van der Waals surface area contributed by atoms with Crippen LogP contribution in [0.3, 0.4) is 0 Å². The molecule has 0 aliphatic rings. The van der Waals surface area contributed by atoms with Crippen LogP contribution in [0.2, 0.25) is 5.02 Å². The van der Waals surface area contributed by atoms with Crippen molar-refractivity contribution in [1.82, 2.24) is 5.32 Å². The highest BCUT2D eigenvalue weighted by molar-refractivity contribution is 6.31. The number of hydrogen-bond donors (Lipinski definition) is 1. The summed E-state index contributed by atoms with van der Waals surface area (Å²) < 4.78 is 14.3. The molecule has 1 N–H and O–H groups in total. The van der Waals surface area contributed by atoms with Crippen LogP contribution in [0.15, 0.2) is 30.3 Å². The lowest BCUT2D eigenvalue weighted by Gasteiger charge is -2.22. The molecule has 0 heterocycles. The third-order valence-corrected chi connectivity index (χ3v) is 4.12. The van der Waals surface area contributed by atoms with E-state index in [0.717, 1.165) is 28.8 Å². The Balaban J connectivity index is 2.58. The van der Waals surface area contributed by atoms with Crippen molar-refractivity contribution in [3.8, 4) is 0 Å². The molecule has 2 aromatic rings. The Labute approximate surface area is 131 Å². The van der Waals surface area contributed by atoms with E-state index < -0.39 is 0 Å². The summed E-state index contributed by atoms with van der Waals surface area (Å²) in [4.78, 5) is 0. The van der Waals surface area contributed by atoms with Crippen molar-refractivity contribution in [2.45, 2.75) is 33.7 Å². The van der Waals surface area contributed by atoms with Crippen molar-refractivity contribution in [2.75, 3.05) is 6.54 Å². The quantitative estimate of drug-likeness (QED) is 0.828. The van der Waals surface area contributed by atoms with E-state index in [2.05, 4.69) is 5.32 Å². The first-order valence-corrected chi connectivity index (χ1v) is 7.58. The summed E-state index contributed by atoms with van der Waals surface area (Å²) in [5.74, 6) is -0.208. The zero-order valence-electron chi connectivity index (χ0n) is 12.9. The van der Waals surface area contributed by atoms with Crippen molar-refractivity contribution >= 4 is 11.6 Å². The van der Waals surface area contributed by atoms with Gasteiger partial charge in [-0.05, 0) is 56.1 Å². The average Bonchev–Trinajstić information content (AvgIpc) is 2.43. The number of hydrogen-bond acceptors (Lipinski definition) is 1. The molecule has 0 aliphatic carbocycles. The number of nitrogens with one attached hydrogen (secondary N) is 1. The van der Waals surface area contributed by atoms with E-state index in [1.165, 1.54) is 6.07 Å². The first-order valence-electron chi connectivity index (χ1n) is 7.20. The Morgan fingerprint density at radius 3 is 2.38 bits per heavy atom. The third kappa shape index (κ3) is 3.45. The summed E-state index contributed by atoms with van der Waals surface area (Å²) >= 11 is 6.41. The molecule has 1 unspecified atom stereocenters. The summed E-state index contributed by atoms with van der Waals surface area (Å²) in [6, 6.07) is 8.95. The molecular formula is C18H21ClFN. The van der Waals surface area contributed by atoms with Crippen molar-refractivity contribution in [2.24, 2.45) is 0 Å². The minimum absolute atomic E-state index is 0.208. The SMILES string of the molecule is CCNC(c1cc(C)ccc1F)c1cc(C)c(C)cc1Cl. The molecule has 0 radical (unpaired) electrons. The second kappa shape index (κ2) is 6.59. The normalized spacial score (nSPS) is 12.5. The Kier molecular flexibility index (Phi) is 5.02. The van der Waals surface area contributed by atoms with Gasteiger partial charge in [-0.15, -0.1) is 0 Å². The lowest BCUT2D eigenvalue weighted by Crippen LogP contribution is -2.23. The Bertz CT molecular complexity index is 652. The van der Waals surface area contributed by atoms with Crippen LogP contribution in [0.4, 0.5) is 4.39 Å². The number of aryl methyl sites for hydroxylation is 3. The van der Waals surface area contributed by atoms with Crippen molar-refractivity contribution in [3.63, 3.8) is 0 Å². The molecule has 112 valence electrons. The zero-order chi connectivity index (χ0) is 15.6. The minimum atomic E-state index is -0.235. The molecule has 0 bridgehead atoms. The van der Waals surface area contributed by atoms with Crippen LogP contribution >= 0.6 is 11.6 Å². The summed E-state index contributed by atoms with van der Waals surface area (Å²) in [6.07, 6.45) is 0. The van der Waals surface area contributed by atoms with E-state index in [4.69, 9.17) is 11.6 Å². The Morgan fingerprint density at radius 2 is 1.71 bits per heavy atom. The van der Waals surface area contributed by atoms with Crippen LogP contribution in [0.1, 0.15) is 40.8 Å². The van der Waals surface area contributed by atoms with Gasteiger partial charge in [0.05, 0.1) is 6.04 Å². The van der Waals surface area contributed by atoms with Gasteiger partial charge in [0.15, 0.2) is 0 Å². The van der Waals surface area contributed by atoms with Gasteiger partial charge in [-0.25, -0.2) is 4.39 Å². The molecular weight excluding hydrogens is 285 g/mol. The van der Waals surface area contributed by atoms with Crippen molar-refractivity contribution in [3.05, 3.63) is 69.0 Å². The molecule has 0 aliphatic heterocycles. The van der Waals surface area contributed by atoms with E-state index >= 15 is 0 Å². The highest BCUT2D eigenvalue weighted by Gasteiger charge is 2.20. The fraction of sp³-hybridized carbons (Fsp3) is 0.333. The maximum absolute atomic E-state index is 14.3. The van der Waals surface area contributed by atoms with E-state index in [1.807, 2.05) is 45.9 Å². The molecule has 0 aromatic heterocycles. The Morgan fingerprint density at radius 1 is 1.05 bits per heavy atom. The summed E-state index contributed by atoms with van der Waals surface area (Å²) in [7, 11) is 0. The first kappa shape index (κ1) is 16.0. The number of halogens is 2. The smallest absolute Gasteiger partial charge is 0.128 e. The van der Waals surface area contributed by atoms with Gasteiger partial charge in [-0.3, -0.25) is 0 Å². The molecule has 0 saturated carbocycles. The van der Waals surface area contributed by atoms with Crippen LogP contribution in [-0.2, 0) is 0 Å². The van der Waals surface area contributed by atoms with Gasteiger partial charge < -0.3 is 5.32 Å². The third-order valence-electron chi connectivity index (χ3n) is 3.79. The molecule has 1 nitrogen and oxygen atoms in total. The molecule has 2 aromatic carbocycles. The first-order chi connectivity index (χ1) is 9.93. The van der Waals surface area contributed by atoms with Gasteiger partial charge in [0.2, 0.25) is 0 Å². The monoisotopic (exact) mass is 305 g/mol. The van der Waals surface area contributed by atoms with Crippen molar-refractivity contribution < 1.29 is 4.39 Å². The van der Waals surface area contributed by atoms with Gasteiger partial charge in [-0.1, -0.05) is 42.3 Å². The van der Waals surface area contributed by atoms with E-state index in [0.29, 0.717) is 10.6 Å². The topological polar surface area (TPSA) is 12.0 Å². The van der Waals surface area contributed by atoms with E-state index in [1.54, 1.807) is 6.07 Å². The van der Waals surface area contributed by atoms with Crippen molar-refractivity contribution in [1.29, 1.82) is 0 Å². The average molecular weight is 306 g/mol. The second-order valence-electron chi connectivity index (χ2n) is 5.47. The standard InChI is InChI=1S/C18H21ClFN/c1-5-21-18(15-8-11(2)6-7-17(15)20)14-9-12(3)13(4)10-16(14)19/h6-10,18,21H,5H2,1-4H3. The largest absolute Gasteiger partial charge is 0.306 e. The number of rotatable bonds is 4. The molecule has 0 amide bonds. The summed E-state index contributed by atoms with van der Waals surface area (Å²) in [5, 5.41) is 4.02. The Hall–Kier alpha value is -1.38. The molecule has 2 rings (SSSR count). The molecule has 0 spiro atoms. The van der Waals surface area contributed by atoms with E-state index in [9.17, 15) is 4.39 Å². The van der Waals surface area contributed by atoms with Gasteiger partial charge in [0, 0.05) is 10.6 Å². The van der Waals surface area contributed by atoms with Crippen LogP contribution in [0.5, 0.6) is 0 Å².